The fraction of sp³-hybridized carbons (Fsp3) is 0. The Hall–Kier alpha value is -1.12. The molecule has 14 heavy (non-hydrogen) atoms. The summed E-state index contributed by atoms with van der Waals surface area (Å²) in [5, 5.41) is -1.39. The molecule has 0 aliphatic heterocycles. The van der Waals surface area contributed by atoms with Gasteiger partial charge in [-0.2, -0.15) is 0 Å². The Morgan fingerprint density at radius 3 is 1.79 bits per heavy atom. The minimum atomic E-state index is -0.701. The highest BCUT2D eigenvalue weighted by molar-refractivity contribution is 6.69. The molecule has 0 N–H and O–H groups in total. The number of allylic oxidation sites excluding steroid dienone is 6. The fourth-order valence-electron chi connectivity index (χ4n) is 0.661. The highest BCUT2D eigenvalue weighted by Gasteiger charge is 2.06. The lowest BCUT2D eigenvalue weighted by molar-refractivity contribution is -0.108. The summed E-state index contributed by atoms with van der Waals surface area (Å²) in [5.74, 6) is 0. The Labute approximate surface area is 92.2 Å². The van der Waals surface area contributed by atoms with Gasteiger partial charge in [-0.3, -0.25) is 9.59 Å². The van der Waals surface area contributed by atoms with E-state index in [0.717, 1.165) is 0 Å². The molecule has 0 aromatic heterocycles. The average molecular weight is 231 g/mol. The lowest BCUT2D eigenvalue weighted by Gasteiger charge is -1.95. The molecule has 0 atom stereocenters. The minimum Gasteiger partial charge on any atom is -0.276 e. The summed E-state index contributed by atoms with van der Waals surface area (Å²) in [6.07, 6.45) is 5.25. The van der Waals surface area contributed by atoms with E-state index in [9.17, 15) is 9.59 Å². The highest BCUT2D eigenvalue weighted by Crippen LogP contribution is 2.10. The molecule has 0 spiro atoms. The maximum Gasteiger partial charge on any atom is 0.252 e. The molecule has 0 saturated heterocycles. The molecule has 74 valence electrons. The number of carbonyl (C=O) groups excluding carboxylic acids is 2. The van der Waals surface area contributed by atoms with Crippen LogP contribution in [0.15, 0.2) is 48.6 Å². The molecule has 0 bridgehead atoms. The monoisotopic (exact) mass is 230 g/mol. The molecule has 2 nitrogen and oxygen atoms in total. The number of rotatable bonds is 5. The maximum absolute atomic E-state index is 10.8. The smallest absolute Gasteiger partial charge is 0.252 e. The molecular formula is C10H8Cl2O2. The van der Waals surface area contributed by atoms with Crippen molar-refractivity contribution in [2.75, 3.05) is 0 Å². The highest BCUT2D eigenvalue weighted by atomic mass is 35.5. The normalized spacial score (nSPS) is 12.1. The molecule has 0 aromatic carbocycles. The molecule has 0 saturated carbocycles. The van der Waals surface area contributed by atoms with Gasteiger partial charge in [0.2, 0.25) is 0 Å². The first-order valence-electron chi connectivity index (χ1n) is 3.59. The zero-order valence-electron chi connectivity index (χ0n) is 7.30. The molecular weight excluding hydrogens is 223 g/mol. The quantitative estimate of drug-likeness (QED) is 0.414. The van der Waals surface area contributed by atoms with Crippen molar-refractivity contribution < 1.29 is 9.59 Å². The van der Waals surface area contributed by atoms with E-state index in [-0.39, 0.29) is 11.1 Å². The van der Waals surface area contributed by atoms with Crippen molar-refractivity contribution in [2.24, 2.45) is 0 Å². The average Bonchev–Trinajstić information content (AvgIpc) is 2.11. The summed E-state index contributed by atoms with van der Waals surface area (Å²) in [6.45, 7) is 6.77. The topological polar surface area (TPSA) is 34.1 Å². The van der Waals surface area contributed by atoms with Crippen molar-refractivity contribution in [3.05, 3.63) is 48.6 Å². The number of hydrogen-bond donors (Lipinski definition) is 0. The van der Waals surface area contributed by atoms with Crippen LogP contribution >= 0.6 is 23.2 Å². The third-order valence-electron chi connectivity index (χ3n) is 1.28. The van der Waals surface area contributed by atoms with E-state index in [1.165, 1.54) is 24.3 Å². The van der Waals surface area contributed by atoms with Crippen LogP contribution in [0.25, 0.3) is 0 Å². The van der Waals surface area contributed by atoms with E-state index in [1.807, 2.05) is 0 Å². The van der Waals surface area contributed by atoms with E-state index in [0.29, 0.717) is 0 Å². The molecule has 0 aliphatic carbocycles. The summed E-state index contributed by atoms with van der Waals surface area (Å²) in [7, 11) is 0. The van der Waals surface area contributed by atoms with E-state index in [2.05, 4.69) is 13.2 Å². The van der Waals surface area contributed by atoms with Gasteiger partial charge in [0.05, 0.1) is 0 Å². The summed E-state index contributed by atoms with van der Waals surface area (Å²) < 4.78 is 0. The first-order valence-corrected chi connectivity index (χ1v) is 4.35. The van der Waals surface area contributed by atoms with Crippen molar-refractivity contribution >= 4 is 33.7 Å². The minimum absolute atomic E-state index is 0.105. The first-order chi connectivity index (χ1) is 6.52. The van der Waals surface area contributed by atoms with Gasteiger partial charge in [-0.05, 0) is 29.3 Å². The Kier molecular flexibility index (Phi) is 5.84. The van der Waals surface area contributed by atoms with Crippen molar-refractivity contribution in [1.29, 1.82) is 0 Å². The lowest BCUT2D eigenvalue weighted by atomic mass is 10.1. The standard InChI is InChI=1S/C10H8Cl2O2/c1-3-5-8(10(12)14)6-7(4-2)9(11)13/h3-6H,1-2H2/b7-6+,8-5+. The summed E-state index contributed by atoms with van der Waals surface area (Å²) in [6, 6.07) is 0. The van der Waals surface area contributed by atoms with Crippen LogP contribution in [0.5, 0.6) is 0 Å². The van der Waals surface area contributed by atoms with Crippen LogP contribution in [-0.4, -0.2) is 10.5 Å². The van der Waals surface area contributed by atoms with Crippen LogP contribution in [0, 0.1) is 0 Å². The van der Waals surface area contributed by atoms with Gasteiger partial charge in [-0.15, -0.1) is 0 Å². The zero-order valence-corrected chi connectivity index (χ0v) is 8.81. The van der Waals surface area contributed by atoms with Crippen LogP contribution in [0.2, 0.25) is 0 Å². The molecule has 0 aliphatic rings. The van der Waals surface area contributed by atoms with Gasteiger partial charge in [-0.25, -0.2) is 0 Å². The first kappa shape index (κ1) is 12.9. The van der Waals surface area contributed by atoms with E-state index in [4.69, 9.17) is 23.2 Å². The third kappa shape index (κ3) is 4.21. The lowest BCUT2D eigenvalue weighted by Crippen LogP contribution is -1.95. The zero-order chi connectivity index (χ0) is 11.1. The van der Waals surface area contributed by atoms with Crippen molar-refractivity contribution in [3.63, 3.8) is 0 Å². The molecule has 0 heterocycles. The van der Waals surface area contributed by atoms with E-state index in [1.54, 1.807) is 0 Å². The number of halogens is 2. The molecule has 0 rings (SSSR count). The molecule has 0 unspecified atom stereocenters. The van der Waals surface area contributed by atoms with E-state index < -0.39 is 10.5 Å². The fourth-order valence-corrected chi connectivity index (χ4v) is 0.910. The van der Waals surface area contributed by atoms with Crippen LogP contribution in [0.4, 0.5) is 0 Å². The van der Waals surface area contributed by atoms with Gasteiger partial charge < -0.3 is 0 Å². The Balaban J connectivity index is 5.16. The van der Waals surface area contributed by atoms with Gasteiger partial charge in [0.1, 0.15) is 0 Å². The van der Waals surface area contributed by atoms with Crippen molar-refractivity contribution in [3.8, 4) is 0 Å². The number of hydrogen-bond acceptors (Lipinski definition) is 2. The molecule has 4 heteroatoms. The molecule has 0 amide bonds. The van der Waals surface area contributed by atoms with E-state index >= 15 is 0 Å². The SMILES string of the molecule is C=C/C=C(\C=C(/C=C)C(=O)Cl)C(=O)Cl. The second kappa shape index (κ2) is 6.35. The maximum atomic E-state index is 10.8. The molecule has 0 fully saturated rings. The second-order valence-electron chi connectivity index (χ2n) is 2.21. The van der Waals surface area contributed by atoms with Gasteiger partial charge in [0.25, 0.3) is 10.5 Å². The Morgan fingerprint density at radius 1 is 1.00 bits per heavy atom. The van der Waals surface area contributed by atoms with Crippen LogP contribution in [-0.2, 0) is 9.59 Å². The third-order valence-corrected chi connectivity index (χ3v) is 1.72. The Morgan fingerprint density at radius 2 is 1.50 bits per heavy atom. The predicted octanol–water partition coefficient (Wildman–Crippen LogP) is 2.74. The summed E-state index contributed by atoms with van der Waals surface area (Å²) in [4.78, 5) is 21.6. The second-order valence-corrected chi connectivity index (χ2v) is 2.90. The van der Waals surface area contributed by atoms with Gasteiger partial charge >= 0.3 is 0 Å². The van der Waals surface area contributed by atoms with Gasteiger partial charge in [0, 0.05) is 11.1 Å². The Bertz CT molecular complexity index is 338. The number of carbonyl (C=O) groups is 2. The largest absolute Gasteiger partial charge is 0.276 e. The summed E-state index contributed by atoms with van der Waals surface area (Å²) in [5.41, 5.74) is 0.235. The van der Waals surface area contributed by atoms with Crippen LogP contribution in [0.1, 0.15) is 0 Å². The van der Waals surface area contributed by atoms with Crippen LogP contribution in [0.3, 0.4) is 0 Å². The molecule has 0 aromatic rings. The van der Waals surface area contributed by atoms with Crippen molar-refractivity contribution in [1.82, 2.24) is 0 Å². The summed E-state index contributed by atoms with van der Waals surface area (Å²) >= 11 is 10.4. The van der Waals surface area contributed by atoms with Gasteiger partial charge in [-0.1, -0.05) is 31.4 Å². The van der Waals surface area contributed by atoms with Crippen LogP contribution < -0.4 is 0 Å². The predicted molar refractivity (Wildman–Crippen MR) is 58.3 cm³/mol. The van der Waals surface area contributed by atoms with Gasteiger partial charge in [0.15, 0.2) is 0 Å². The molecule has 0 radical (unpaired) electrons. The van der Waals surface area contributed by atoms with Crippen molar-refractivity contribution in [2.45, 2.75) is 0 Å².